The van der Waals surface area contributed by atoms with Crippen molar-refractivity contribution < 1.29 is 9.53 Å². The number of hydrogen-bond acceptors (Lipinski definition) is 6. The van der Waals surface area contributed by atoms with Crippen LogP contribution < -0.4 is 9.64 Å². The average molecular weight is 490 g/mol. The first-order valence-electron chi connectivity index (χ1n) is 9.26. The van der Waals surface area contributed by atoms with Gasteiger partial charge in [-0.2, -0.15) is 0 Å². The predicted octanol–water partition coefficient (Wildman–Crippen LogP) is 6.33. The highest BCUT2D eigenvalue weighted by atomic mass is 35.5. The number of nitrogens with zero attached hydrogens (tertiary/aromatic N) is 3. The topological polar surface area (TPSA) is 55.3 Å². The summed E-state index contributed by atoms with van der Waals surface area (Å²) in [6.07, 6.45) is 5.44. The van der Waals surface area contributed by atoms with E-state index in [4.69, 9.17) is 32.9 Å². The summed E-state index contributed by atoms with van der Waals surface area (Å²) in [6.45, 7) is 0.145. The van der Waals surface area contributed by atoms with Crippen molar-refractivity contribution >= 4 is 67.6 Å². The quantitative estimate of drug-likeness (QED) is 0.283. The van der Waals surface area contributed by atoms with Crippen LogP contribution in [0.25, 0.3) is 10.2 Å². The molecule has 4 aromatic rings. The van der Waals surface area contributed by atoms with Crippen molar-refractivity contribution in [2.24, 2.45) is 0 Å². The second kappa shape index (κ2) is 9.87. The van der Waals surface area contributed by atoms with Crippen LogP contribution in [0.15, 0.2) is 65.8 Å². The number of ether oxygens (including phenoxy) is 1. The Bertz CT molecular complexity index is 1220. The van der Waals surface area contributed by atoms with Crippen LogP contribution in [-0.4, -0.2) is 28.7 Å². The van der Waals surface area contributed by atoms with Gasteiger partial charge >= 0.3 is 0 Å². The summed E-state index contributed by atoms with van der Waals surface area (Å²) in [7, 11) is 0. The lowest BCUT2D eigenvalue weighted by Crippen LogP contribution is -2.34. The minimum Gasteiger partial charge on any atom is -0.482 e. The molecule has 0 saturated heterocycles. The van der Waals surface area contributed by atoms with Crippen LogP contribution in [0.4, 0.5) is 5.13 Å². The first kappa shape index (κ1) is 21.9. The number of amides is 1. The number of hydrogen-bond donors (Lipinski definition) is 0. The van der Waals surface area contributed by atoms with Crippen molar-refractivity contribution in [2.75, 3.05) is 17.8 Å². The SMILES string of the molecule is CSc1cccc2sc(N(Cc3cccnc3)C(=O)COc3ccc(Cl)cc3Cl)nc12. The molecule has 2 aromatic carbocycles. The van der Waals surface area contributed by atoms with Crippen molar-refractivity contribution in [1.29, 1.82) is 0 Å². The van der Waals surface area contributed by atoms with E-state index < -0.39 is 0 Å². The van der Waals surface area contributed by atoms with Gasteiger partial charge in [0.05, 0.1) is 21.8 Å². The number of aromatic nitrogens is 2. The zero-order valence-electron chi connectivity index (χ0n) is 16.4. The molecule has 1 amide bonds. The molecule has 4 rings (SSSR count). The number of thioether (sulfide) groups is 1. The lowest BCUT2D eigenvalue weighted by molar-refractivity contribution is -0.120. The van der Waals surface area contributed by atoms with Gasteiger partial charge in [0, 0.05) is 22.3 Å². The monoisotopic (exact) mass is 489 g/mol. The molecule has 0 saturated carbocycles. The van der Waals surface area contributed by atoms with Gasteiger partial charge in [0.1, 0.15) is 5.75 Å². The van der Waals surface area contributed by atoms with E-state index in [1.165, 1.54) is 11.3 Å². The Morgan fingerprint density at radius 3 is 2.81 bits per heavy atom. The lowest BCUT2D eigenvalue weighted by Gasteiger charge is -2.20. The van der Waals surface area contributed by atoms with Crippen molar-refractivity contribution in [3.63, 3.8) is 0 Å². The van der Waals surface area contributed by atoms with Crippen molar-refractivity contribution in [3.8, 4) is 5.75 Å². The summed E-state index contributed by atoms with van der Waals surface area (Å²) in [5, 5.41) is 1.46. The molecule has 0 aliphatic heterocycles. The standard InChI is InChI=1S/C22H17Cl2N3O2S2/c1-30-18-5-2-6-19-21(18)26-22(31-19)27(12-14-4-3-9-25-11-14)20(28)13-29-17-8-7-15(23)10-16(17)24/h2-11H,12-13H2,1H3. The zero-order valence-corrected chi connectivity index (χ0v) is 19.6. The van der Waals surface area contributed by atoms with Gasteiger partial charge in [-0.1, -0.05) is 46.7 Å². The normalized spacial score (nSPS) is 10.9. The van der Waals surface area contributed by atoms with Gasteiger partial charge in [0.15, 0.2) is 11.7 Å². The van der Waals surface area contributed by atoms with Crippen LogP contribution in [0.2, 0.25) is 10.0 Å². The zero-order chi connectivity index (χ0) is 21.8. The smallest absolute Gasteiger partial charge is 0.267 e. The van der Waals surface area contributed by atoms with E-state index in [2.05, 4.69) is 4.98 Å². The Morgan fingerprint density at radius 2 is 2.06 bits per heavy atom. The third-order valence-electron chi connectivity index (χ3n) is 4.43. The predicted molar refractivity (Wildman–Crippen MR) is 129 cm³/mol. The Balaban J connectivity index is 1.63. The fourth-order valence-corrected chi connectivity index (χ4v) is 5.04. The molecule has 2 aromatic heterocycles. The van der Waals surface area contributed by atoms with Gasteiger partial charge in [-0.3, -0.25) is 14.7 Å². The highest BCUT2D eigenvalue weighted by Crippen LogP contribution is 2.35. The Morgan fingerprint density at radius 1 is 1.19 bits per heavy atom. The van der Waals surface area contributed by atoms with Crippen LogP contribution >= 0.6 is 46.3 Å². The molecule has 0 spiro atoms. The number of benzene rings is 2. The van der Waals surface area contributed by atoms with E-state index in [-0.39, 0.29) is 12.5 Å². The van der Waals surface area contributed by atoms with Crippen LogP contribution in [0.1, 0.15) is 5.56 Å². The van der Waals surface area contributed by atoms with Crippen LogP contribution in [0, 0.1) is 0 Å². The van der Waals surface area contributed by atoms with E-state index in [9.17, 15) is 4.79 Å². The average Bonchev–Trinajstić information content (AvgIpc) is 3.21. The number of pyridine rings is 1. The van der Waals surface area contributed by atoms with Gasteiger partial charge in [-0.05, 0) is 48.2 Å². The number of halogens is 2. The van der Waals surface area contributed by atoms with Gasteiger partial charge < -0.3 is 4.74 Å². The Hall–Kier alpha value is -2.32. The van der Waals surface area contributed by atoms with E-state index in [0.29, 0.717) is 27.5 Å². The summed E-state index contributed by atoms with van der Waals surface area (Å²) in [6, 6.07) is 14.7. The first-order valence-corrected chi connectivity index (χ1v) is 12.1. The second-order valence-electron chi connectivity index (χ2n) is 6.51. The van der Waals surface area contributed by atoms with Crippen LogP contribution in [-0.2, 0) is 11.3 Å². The fourth-order valence-electron chi connectivity index (χ4n) is 2.94. The molecule has 0 N–H and O–H groups in total. The molecule has 31 heavy (non-hydrogen) atoms. The molecule has 2 heterocycles. The number of rotatable bonds is 7. The first-order chi connectivity index (χ1) is 15.0. The lowest BCUT2D eigenvalue weighted by atomic mass is 10.2. The van der Waals surface area contributed by atoms with Gasteiger partial charge in [0.2, 0.25) is 0 Å². The van der Waals surface area contributed by atoms with Crippen LogP contribution in [0.3, 0.4) is 0 Å². The highest BCUT2D eigenvalue weighted by Gasteiger charge is 2.22. The largest absolute Gasteiger partial charge is 0.482 e. The molecule has 0 unspecified atom stereocenters. The Kier molecular flexibility index (Phi) is 6.97. The Labute approximate surface area is 198 Å². The summed E-state index contributed by atoms with van der Waals surface area (Å²) >= 11 is 15.2. The number of thiazole rings is 1. The summed E-state index contributed by atoms with van der Waals surface area (Å²) < 4.78 is 6.71. The molecular formula is C22H17Cl2N3O2S2. The van der Waals surface area contributed by atoms with Crippen molar-refractivity contribution in [3.05, 3.63) is 76.5 Å². The molecule has 0 fully saturated rings. The van der Waals surface area contributed by atoms with Gasteiger partial charge in [-0.25, -0.2) is 4.98 Å². The summed E-state index contributed by atoms with van der Waals surface area (Å²) in [5.41, 5.74) is 1.78. The van der Waals surface area contributed by atoms with Crippen molar-refractivity contribution in [2.45, 2.75) is 11.4 Å². The molecule has 0 aliphatic carbocycles. The summed E-state index contributed by atoms with van der Waals surface area (Å²) in [5.74, 6) is 0.161. The van der Waals surface area contributed by atoms with Crippen LogP contribution in [0.5, 0.6) is 5.75 Å². The maximum Gasteiger partial charge on any atom is 0.267 e. The maximum absolute atomic E-state index is 13.2. The summed E-state index contributed by atoms with van der Waals surface area (Å²) in [4.78, 5) is 24.8. The van der Waals surface area contributed by atoms with Crippen molar-refractivity contribution in [1.82, 2.24) is 9.97 Å². The highest BCUT2D eigenvalue weighted by molar-refractivity contribution is 7.98. The molecule has 0 atom stereocenters. The maximum atomic E-state index is 13.2. The van der Waals surface area contributed by atoms with E-state index >= 15 is 0 Å². The van der Waals surface area contributed by atoms with E-state index in [0.717, 1.165) is 20.7 Å². The molecule has 9 heteroatoms. The minimum atomic E-state index is -0.236. The van der Waals surface area contributed by atoms with Gasteiger partial charge in [-0.15, -0.1) is 11.8 Å². The molecule has 0 radical (unpaired) electrons. The molecule has 5 nitrogen and oxygen atoms in total. The molecule has 0 bridgehead atoms. The fraction of sp³-hybridized carbons (Fsp3) is 0.136. The molecular weight excluding hydrogens is 473 g/mol. The number of fused-ring (bicyclic) bond motifs is 1. The minimum absolute atomic E-state index is 0.188. The number of para-hydroxylation sites is 1. The van der Waals surface area contributed by atoms with E-state index in [1.54, 1.807) is 47.3 Å². The molecule has 158 valence electrons. The number of anilines is 1. The van der Waals surface area contributed by atoms with E-state index in [1.807, 2.05) is 36.6 Å². The molecule has 0 aliphatic rings. The third-order valence-corrected chi connectivity index (χ3v) is 6.77. The van der Waals surface area contributed by atoms with Gasteiger partial charge in [0.25, 0.3) is 5.91 Å². The number of carbonyl (C=O) groups excluding carboxylic acids is 1. The number of carbonyl (C=O) groups is 1. The second-order valence-corrected chi connectivity index (χ2v) is 9.21. The third kappa shape index (κ3) is 5.13.